The average Bonchev–Trinajstić information content (AvgIpc) is 2.61. The first-order valence-electron chi connectivity index (χ1n) is 7.63. The zero-order chi connectivity index (χ0) is 16.7. The van der Waals surface area contributed by atoms with Crippen molar-refractivity contribution in [2.45, 2.75) is 0 Å². The molecule has 23 heavy (non-hydrogen) atoms. The lowest BCUT2D eigenvalue weighted by molar-refractivity contribution is -0.152. The summed E-state index contributed by atoms with van der Waals surface area (Å²) in [6, 6.07) is 5.66. The predicted octanol–water partition coefficient (Wildman–Crippen LogP) is -1.46. The minimum Gasteiger partial charge on any atom is -0.395 e. The normalized spacial score (nSPS) is 14.7. The number of anilines is 1. The van der Waals surface area contributed by atoms with Crippen molar-refractivity contribution in [3.05, 3.63) is 24.4 Å². The van der Waals surface area contributed by atoms with E-state index in [0.29, 0.717) is 26.2 Å². The Morgan fingerprint density at radius 3 is 2.26 bits per heavy atom. The topological polar surface area (TPSA) is 97.2 Å². The summed E-state index contributed by atoms with van der Waals surface area (Å²) in [4.78, 5) is 33.4. The number of hydrogen-bond acceptors (Lipinski definition) is 6. The highest BCUT2D eigenvalue weighted by Crippen LogP contribution is 2.12. The Kier molecular flexibility index (Phi) is 6.30. The highest BCUT2D eigenvalue weighted by molar-refractivity contribution is 6.34. The first-order chi connectivity index (χ1) is 11.2. The Labute approximate surface area is 134 Å². The Hall–Kier alpha value is -2.19. The molecule has 2 rings (SSSR count). The fraction of sp³-hybridized carbons (Fsp3) is 0.533. The maximum atomic E-state index is 12.3. The van der Waals surface area contributed by atoms with Crippen LogP contribution in [0, 0.1) is 0 Å². The predicted molar refractivity (Wildman–Crippen MR) is 83.8 cm³/mol. The highest BCUT2D eigenvalue weighted by atomic mass is 16.3. The van der Waals surface area contributed by atoms with Crippen molar-refractivity contribution in [1.29, 1.82) is 0 Å². The van der Waals surface area contributed by atoms with Gasteiger partial charge in [0, 0.05) is 45.5 Å². The number of carbonyl (C=O) groups is 2. The molecule has 1 saturated heterocycles. The van der Waals surface area contributed by atoms with Crippen molar-refractivity contribution in [2.75, 3.05) is 57.4 Å². The van der Waals surface area contributed by atoms with Crippen LogP contribution in [0.4, 0.5) is 5.82 Å². The third-order valence-electron chi connectivity index (χ3n) is 3.75. The van der Waals surface area contributed by atoms with Crippen LogP contribution >= 0.6 is 0 Å². The zero-order valence-corrected chi connectivity index (χ0v) is 13.0. The number of carbonyl (C=O) groups excluding carboxylic acids is 2. The van der Waals surface area contributed by atoms with Crippen molar-refractivity contribution < 1.29 is 19.8 Å². The minimum atomic E-state index is -0.681. The van der Waals surface area contributed by atoms with E-state index in [9.17, 15) is 9.59 Å². The van der Waals surface area contributed by atoms with Gasteiger partial charge in [0.2, 0.25) is 0 Å². The molecule has 1 aromatic heterocycles. The molecule has 0 atom stereocenters. The van der Waals surface area contributed by atoms with Crippen molar-refractivity contribution in [1.82, 2.24) is 14.8 Å². The molecule has 2 N–H and O–H groups in total. The molecule has 0 bridgehead atoms. The molecule has 0 spiro atoms. The van der Waals surface area contributed by atoms with Gasteiger partial charge in [0.05, 0.1) is 13.2 Å². The van der Waals surface area contributed by atoms with Crippen LogP contribution in [-0.4, -0.2) is 89.3 Å². The van der Waals surface area contributed by atoms with E-state index in [1.807, 2.05) is 18.2 Å². The molecule has 8 heteroatoms. The molecule has 1 aromatic rings. The van der Waals surface area contributed by atoms with Crippen LogP contribution in [0.25, 0.3) is 0 Å². The molecule has 0 aromatic carbocycles. The quantitative estimate of drug-likeness (QED) is 0.643. The summed E-state index contributed by atoms with van der Waals surface area (Å²) in [7, 11) is 0. The average molecular weight is 322 g/mol. The summed E-state index contributed by atoms with van der Waals surface area (Å²) in [5, 5.41) is 17.9. The molecule has 0 radical (unpaired) electrons. The van der Waals surface area contributed by atoms with Gasteiger partial charge in [-0.3, -0.25) is 9.59 Å². The van der Waals surface area contributed by atoms with Gasteiger partial charge in [-0.25, -0.2) is 4.98 Å². The highest BCUT2D eigenvalue weighted by Gasteiger charge is 2.29. The minimum absolute atomic E-state index is 0.0407. The first kappa shape index (κ1) is 17.2. The van der Waals surface area contributed by atoms with Gasteiger partial charge in [0.25, 0.3) is 0 Å². The number of rotatable bonds is 5. The van der Waals surface area contributed by atoms with Crippen LogP contribution in [0.3, 0.4) is 0 Å². The van der Waals surface area contributed by atoms with Crippen LogP contribution in [0.5, 0.6) is 0 Å². The Balaban J connectivity index is 1.91. The third-order valence-corrected chi connectivity index (χ3v) is 3.75. The summed E-state index contributed by atoms with van der Waals surface area (Å²) in [6.07, 6.45) is 1.72. The number of hydrogen-bond donors (Lipinski definition) is 2. The molecule has 0 aliphatic carbocycles. The largest absolute Gasteiger partial charge is 0.395 e. The molecule has 8 nitrogen and oxygen atoms in total. The number of piperazine rings is 1. The smallest absolute Gasteiger partial charge is 0.312 e. The summed E-state index contributed by atoms with van der Waals surface area (Å²) in [5.74, 6) is -0.417. The van der Waals surface area contributed by atoms with Crippen LogP contribution in [-0.2, 0) is 9.59 Å². The summed E-state index contributed by atoms with van der Waals surface area (Å²) in [6.45, 7) is 1.68. The van der Waals surface area contributed by atoms with E-state index >= 15 is 0 Å². The van der Waals surface area contributed by atoms with Gasteiger partial charge < -0.3 is 24.9 Å². The number of aliphatic hydroxyl groups is 2. The summed E-state index contributed by atoms with van der Waals surface area (Å²) in [5.41, 5.74) is 0. The molecule has 126 valence electrons. The summed E-state index contributed by atoms with van der Waals surface area (Å²) < 4.78 is 0. The van der Waals surface area contributed by atoms with E-state index in [0.717, 1.165) is 5.82 Å². The Morgan fingerprint density at radius 2 is 1.74 bits per heavy atom. The number of nitrogens with zero attached hydrogens (tertiary/aromatic N) is 4. The third kappa shape index (κ3) is 4.40. The lowest BCUT2D eigenvalue weighted by Gasteiger charge is -2.35. The molecule has 0 saturated carbocycles. The van der Waals surface area contributed by atoms with E-state index in [4.69, 9.17) is 10.2 Å². The molecule has 1 aliphatic heterocycles. The monoisotopic (exact) mass is 322 g/mol. The zero-order valence-electron chi connectivity index (χ0n) is 13.0. The molecular weight excluding hydrogens is 300 g/mol. The van der Waals surface area contributed by atoms with Gasteiger partial charge in [-0.1, -0.05) is 6.07 Å². The molecule has 2 amide bonds. The van der Waals surface area contributed by atoms with Gasteiger partial charge in [0.1, 0.15) is 5.82 Å². The van der Waals surface area contributed by atoms with Crippen molar-refractivity contribution in [3.63, 3.8) is 0 Å². The van der Waals surface area contributed by atoms with E-state index in [1.54, 1.807) is 6.20 Å². The van der Waals surface area contributed by atoms with E-state index < -0.39 is 11.8 Å². The standard InChI is InChI=1S/C15H22N4O4/c20-11-9-19(10-12-21)15(23)14(22)18-7-5-17(6-8-18)13-3-1-2-4-16-13/h1-4,20-21H,5-12H2. The van der Waals surface area contributed by atoms with E-state index in [-0.39, 0.29) is 26.3 Å². The number of aliphatic hydroxyl groups excluding tert-OH is 2. The SMILES string of the molecule is O=C(C(=O)N1CCN(c2ccccn2)CC1)N(CCO)CCO. The second kappa shape index (κ2) is 8.44. The lowest BCUT2D eigenvalue weighted by atomic mass is 10.3. The molecule has 2 heterocycles. The second-order valence-electron chi connectivity index (χ2n) is 5.21. The van der Waals surface area contributed by atoms with Crippen molar-refractivity contribution >= 4 is 17.6 Å². The van der Waals surface area contributed by atoms with Gasteiger partial charge in [-0.15, -0.1) is 0 Å². The molecule has 0 unspecified atom stereocenters. The molecule has 1 aliphatic rings. The van der Waals surface area contributed by atoms with Gasteiger partial charge in [-0.2, -0.15) is 0 Å². The molecular formula is C15H22N4O4. The summed E-state index contributed by atoms with van der Waals surface area (Å²) >= 11 is 0. The fourth-order valence-electron chi connectivity index (χ4n) is 2.51. The van der Waals surface area contributed by atoms with Crippen LogP contribution in [0.2, 0.25) is 0 Å². The second-order valence-corrected chi connectivity index (χ2v) is 5.21. The number of pyridine rings is 1. The maximum Gasteiger partial charge on any atom is 0.312 e. The maximum absolute atomic E-state index is 12.3. The van der Waals surface area contributed by atoms with Gasteiger partial charge >= 0.3 is 11.8 Å². The Bertz CT molecular complexity index is 511. The van der Waals surface area contributed by atoms with Gasteiger partial charge in [-0.05, 0) is 12.1 Å². The molecule has 1 fully saturated rings. The van der Waals surface area contributed by atoms with Crippen LogP contribution in [0.15, 0.2) is 24.4 Å². The van der Waals surface area contributed by atoms with Crippen LogP contribution in [0.1, 0.15) is 0 Å². The lowest BCUT2D eigenvalue weighted by Crippen LogP contribution is -2.54. The fourth-order valence-corrected chi connectivity index (χ4v) is 2.51. The van der Waals surface area contributed by atoms with Crippen LogP contribution < -0.4 is 4.90 Å². The first-order valence-corrected chi connectivity index (χ1v) is 7.63. The number of aromatic nitrogens is 1. The van der Waals surface area contributed by atoms with Gasteiger partial charge in [0.15, 0.2) is 0 Å². The Morgan fingerprint density at radius 1 is 1.09 bits per heavy atom. The van der Waals surface area contributed by atoms with E-state index in [2.05, 4.69) is 9.88 Å². The van der Waals surface area contributed by atoms with Crippen molar-refractivity contribution in [2.24, 2.45) is 0 Å². The number of amides is 2. The van der Waals surface area contributed by atoms with Crippen molar-refractivity contribution in [3.8, 4) is 0 Å². The van der Waals surface area contributed by atoms with E-state index in [1.165, 1.54) is 9.80 Å².